The maximum atomic E-state index is 10.7. The van der Waals surface area contributed by atoms with E-state index in [4.69, 9.17) is 0 Å². The molecular weight excluding hydrogens is 160 g/mol. The second-order valence-corrected chi connectivity index (χ2v) is 2.48. The fourth-order valence-electron chi connectivity index (χ4n) is 1.09. The van der Waals surface area contributed by atoms with Gasteiger partial charge in [-0.2, -0.15) is 0 Å². The van der Waals surface area contributed by atoms with E-state index in [0.29, 0.717) is 0 Å². The molecule has 1 aliphatic heterocycles. The van der Waals surface area contributed by atoms with Gasteiger partial charge in [-0.1, -0.05) is 13.3 Å². The second-order valence-electron chi connectivity index (χ2n) is 2.48. The van der Waals surface area contributed by atoms with Gasteiger partial charge in [-0.25, -0.2) is 0 Å². The first-order valence-corrected chi connectivity index (χ1v) is 3.48. The molecule has 11 heavy (non-hydrogen) atoms. The van der Waals surface area contributed by atoms with Gasteiger partial charge in [0.15, 0.2) is 0 Å². The third-order valence-corrected chi connectivity index (χ3v) is 1.60. The fourth-order valence-corrected chi connectivity index (χ4v) is 1.09. The minimum atomic E-state index is -0.372. The summed E-state index contributed by atoms with van der Waals surface area (Å²) in [4.78, 5) is 21.2. The number of hydrogen-bond acceptors (Lipinski definition) is 3. The van der Waals surface area contributed by atoms with Gasteiger partial charge in [0.05, 0.1) is 12.3 Å². The van der Waals surface area contributed by atoms with Crippen LogP contribution >= 0.6 is 0 Å². The van der Waals surface area contributed by atoms with E-state index < -0.39 is 0 Å². The van der Waals surface area contributed by atoms with Crippen LogP contribution in [-0.4, -0.2) is 22.9 Å². The molecular formula is C7H14O3Si. The molecule has 0 spiro atoms. The summed E-state index contributed by atoms with van der Waals surface area (Å²) in [6.45, 7) is 1.98. The molecule has 1 rings (SSSR count). The highest BCUT2D eigenvalue weighted by Crippen LogP contribution is 2.20. The molecule has 0 aromatic carbocycles. The first-order chi connectivity index (χ1) is 4.74. The van der Waals surface area contributed by atoms with Crippen molar-refractivity contribution in [3.63, 3.8) is 0 Å². The van der Waals surface area contributed by atoms with Crippen LogP contribution in [0.5, 0.6) is 0 Å². The zero-order chi connectivity index (χ0) is 7.56. The van der Waals surface area contributed by atoms with Gasteiger partial charge in [-0.3, -0.25) is 9.59 Å². The van der Waals surface area contributed by atoms with Gasteiger partial charge in [0.2, 0.25) is 0 Å². The lowest BCUT2D eigenvalue weighted by Crippen LogP contribution is -2.06. The molecule has 0 amide bonds. The minimum Gasteiger partial charge on any atom is -0.393 e. The first kappa shape index (κ1) is 10.4. The molecule has 0 saturated carbocycles. The van der Waals surface area contributed by atoms with Crippen LogP contribution in [0.2, 0.25) is 0 Å². The van der Waals surface area contributed by atoms with Crippen molar-refractivity contribution in [1.29, 1.82) is 0 Å². The lowest BCUT2D eigenvalue weighted by molar-refractivity contribution is -0.153. The van der Waals surface area contributed by atoms with Gasteiger partial charge in [-0.15, -0.1) is 0 Å². The third-order valence-electron chi connectivity index (χ3n) is 1.60. The van der Waals surface area contributed by atoms with Crippen LogP contribution in [0.1, 0.15) is 26.2 Å². The van der Waals surface area contributed by atoms with Gasteiger partial charge in [-0.05, 0) is 17.4 Å². The van der Waals surface area contributed by atoms with Crippen molar-refractivity contribution in [2.75, 3.05) is 0 Å². The number of carbonyl (C=O) groups excluding carboxylic acids is 2. The predicted octanol–water partition coefficient (Wildman–Crippen LogP) is -0.575. The standard InChI is InChI=1S/C7H10O3.H4Si/c1-2-3-5-4-6(8)10-7(5)9;/h5H,2-4H2,1H3;1H4. The molecule has 0 aliphatic carbocycles. The Morgan fingerprint density at radius 1 is 1.55 bits per heavy atom. The summed E-state index contributed by atoms with van der Waals surface area (Å²) in [5.74, 6) is -0.868. The molecule has 1 unspecified atom stereocenters. The Morgan fingerprint density at radius 2 is 2.18 bits per heavy atom. The van der Waals surface area contributed by atoms with Crippen molar-refractivity contribution < 1.29 is 14.3 Å². The molecule has 0 aromatic rings. The predicted molar refractivity (Wildman–Crippen MR) is 45.4 cm³/mol. The number of esters is 2. The zero-order valence-corrected chi connectivity index (χ0v) is 5.92. The average Bonchev–Trinajstić information content (AvgIpc) is 2.13. The lowest BCUT2D eigenvalue weighted by Gasteiger charge is -1.97. The SMILES string of the molecule is CCCC1CC(=O)OC1=O.[SiH4]. The van der Waals surface area contributed by atoms with Crippen molar-refractivity contribution in [2.24, 2.45) is 5.92 Å². The Hall–Kier alpha value is -0.643. The van der Waals surface area contributed by atoms with E-state index >= 15 is 0 Å². The van der Waals surface area contributed by atoms with Gasteiger partial charge in [0, 0.05) is 0 Å². The Kier molecular flexibility index (Phi) is 4.03. The highest BCUT2D eigenvalue weighted by molar-refractivity contribution is 5.94. The summed E-state index contributed by atoms with van der Waals surface area (Å²) < 4.78 is 4.35. The van der Waals surface area contributed by atoms with Gasteiger partial charge in [0.25, 0.3) is 0 Å². The summed E-state index contributed by atoms with van der Waals surface area (Å²) in [5, 5.41) is 0. The van der Waals surface area contributed by atoms with E-state index in [1.54, 1.807) is 0 Å². The van der Waals surface area contributed by atoms with E-state index in [-0.39, 0.29) is 35.2 Å². The van der Waals surface area contributed by atoms with Crippen molar-refractivity contribution in [1.82, 2.24) is 0 Å². The summed E-state index contributed by atoms with van der Waals surface area (Å²) in [5.41, 5.74) is 0. The molecule has 0 radical (unpaired) electrons. The van der Waals surface area contributed by atoms with Gasteiger partial charge >= 0.3 is 11.9 Å². The number of cyclic esters (lactones) is 2. The summed E-state index contributed by atoms with van der Waals surface area (Å²) in [7, 11) is 0. The number of carbonyl (C=O) groups is 2. The van der Waals surface area contributed by atoms with Gasteiger partial charge < -0.3 is 4.74 Å². The van der Waals surface area contributed by atoms with Crippen LogP contribution in [0.3, 0.4) is 0 Å². The maximum absolute atomic E-state index is 10.7. The minimum absolute atomic E-state index is 0. The van der Waals surface area contributed by atoms with Crippen LogP contribution in [-0.2, 0) is 14.3 Å². The van der Waals surface area contributed by atoms with Crippen LogP contribution in [0.25, 0.3) is 0 Å². The van der Waals surface area contributed by atoms with Crippen LogP contribution in [0, 0.1) is 5.92 Å². The number of rotatable bonds is 2. The van der Waals surface area contributed by atoms with E-state index in [9.17, 15) is 9.59 Å². The summed E-state index contributed by atoms with van der Waals surface area (Å²) >= 11 is 0. The molecule has 1 aliphatic rings. The molecule has 3 nitrogen and oxygen atoms in total. The van der Waals surface area contributed by atoms with Crippen molar-refractivity contribution in [3.8, 4) is 0 Å². The van der Waals surface area contributed by atoms with Gasteiger partial charge in [0.1, 0.15) is 0 Å². The molecule has 1 heterocycles. The molecule has 1 atom stereocenters. The van der Waals surface area contributed by atoms with Crippen LogP contribution in [0.15, 0.2) is 0 Å². The average molecular weight is 174 g/mol. The highest BCUT2D eigenvalue weighted by atomic mass is 28.1. The number of hydrogen-bond donors (Lipinski definition) is 0. The smallest absolute Gasteiger partial charge is 0.317 e. The third kappa shape index (κ3) is 2.46. The van der Waals surface area contributed by atoms with Crippen LogP contribution < -0.4 is 0 Å². The summed E-state index contributed by atoms with van der Waals surface area (Å²) in [6, 6.07) is 0. The van der Waals surface area contributed by atoms with E-state index in [1.807, 2.05) is 6.92 Å². The van der Waals surface area contributed by atoms with Crippen molar-refractivity contribution in [2.45, 2.75) is 26.2 Å². The topological polar surface area (TPSA) is 43.4 Å². The molecule has 64 valence electrons. The zero-order valence-electron chi connectivity index (χ0n) is 5.92. The molecule has 0 bridgehead atoms. The molecule has 1 saturated heterocycles. The first-order valence-electron chi connectivity index (χ1n) is 3.48. The fraction of sp³-hybridized carbons (Fsp3) is 0.714. The van der Waals surface area contributed by atoms with Crippen molar-refractivity contribution in [3.05, 3.63) is 0 Å². The van der Waals surface area contributed by atoms with Crippen molar-refractivity contribution >= 4 is 22.9 Å². The van der Waals surface area contributed by atoms with E-state index in [1.165, 1.54) is 0 Å². The molecule has 0 N–H and O–H groups in total. The van der Waals surface area contributed by atoms with Crippen LogP contribution in [0.4, 0.5) is 0 Å². The quantitative estimate of drug-likeness (QED) is 0.320. The second kappa shape index (κ2) is 4.28. The molecule has 4 heteroatoms. The molecule has 1 fully saturated rings. The molecule has 0 aromatic heterocycles. The monoisotopic (exact) mass is 174 g/mol. The summed E-state index contributed by atoms with van der Waals surface area (Å²) in [6.07, 6.45) is 1.98. The van der Waals surface area contributed by atoms with E-state index in [2.05, 4.69) is 4.74 Å². The normalized spacial score (nSPS) is 22.8. The number of ether oxygens (including phenoxy) is 1. The Bertz CT molecular complexity index is 167. The Labute approximate surface area is 70.1 Å². The van der Waals surface area contributed by atoms with E-state index in [0.717, 1.165) is 12.8 Å². The highest BCUT2D eigenvalue weighted by Gasteiger charge is 2.32. The lowest BCUT2D eigenvalue weighted by atomic mass is 10.0. The Balaban J connectivity index is 0.000001000. The Morgan fingerprint density at radius 3 is 2.55 bits per heavy atom. The largest absolute Gasteiger partial charge is 0.393 e. The maximum Gasteiger partial charge on any atom is 0.317 e.